The maximum atomic E-state index is 9.70. The maximum absolute atomic E-state index is 9.70. The molecule has 2 aromatic carbocycles. The normalized spacial score (nSPS) is 10.6. The van der Waals surface area contributed by atoms with Gasteiger partial charge in [0.1, 0.15) is 17.2 Å². The zero-order valence-electron chi connectivity index (χ0n) is 10.7. The number of thioether (sulfide) groups is 1. The molecular formula is C16H13NO2S. The molecule has 0 saturated carbocycles. The van der Waals surface area contributed by atoms with E-state index in [-0.39, 0.29) is 0 Å². The molecule has 0 fully saturated rings. The van der Waals surface area contributed by atoms with Crippen LogP contribution in [0, 0.1) is 0 Å². The molecule has 0 radical (unpaired) electrons. The van der Waals surface area contributed by atoms with Gasteiger partial charge in [0.15, 0.2) is 0 Å². The molecule has 0 atom stereocenters. The molecule has 0 unspecified atom stereocenters. The van der Waals surface area contributed by atoms with Gasteiger partial charge in [-0.3, -0.25) is 0 Å². The molecule has 0 saturated heterocycles. The highest BCUT2D eigenvalue weighted by molar-refractivity contribution is 7.98. The Labute approximate surface area is 121 Å². The van der Waals surface area contributed by atoms with Gasteiger partial charge in [-0.05, 0) is 12.1 Å². The van der Waals surface area contributed by atoms with Crippen LogP contribution in [0.4, 0.5) is 0 Å². The SMILES string of the molecule is Oc1ccccc1SCc1cc(-c2ccccc2)no1. The van der Waals surface area contributed by atoms with Crippen LogP contribution in [0.5, 0.6) is 5.75 Å². The Kier molecular flexibility index (Phi) is 3.74. The Morgan fingerprint density at radius 3 is 2.55 bits per heavy atom. The van der Waals surface area contributed by atoms with Crippen LogP contribution in [0.15, 0.2) is 70.1 Å². The van der Waals surface area contributed by atoms with E-state index in [0.29, 0.717) is 11.5 Å². The Hall–Kier alpha value is -2.20. The lowest BCUT2D eigenvalue weighted by Gasteiger charge is -2.00. The van der Waals surface area contributed by atoms with Crippen molar-refractivity contribution < 1.29 is 9.63 Å². The average molecular weight is 283 g/mol. The summed E-state index contributed by atoms with van der Waals surface area (Å²) in [5, 5.41) is 13.8. The van der Waals surface area contributed by atoms with Crippen LogP contribution in [-0.4, -0.2) is 10.3 Å². The van der Waals surface area contributed by atoms with Gasteiger partial charge in [0.25, 0.3) is 0 Å². The summed E-state index contributed by atoms with van der Waals surface area (Å²) >= 11 is 1.52. The van der Waals surface area contributed by atoms with Crippen molar-refractivity contribution in [3.63, 3.8) is 0 Å². The van der Waals surface area contributed by atoms with E-state index < -0.39 is 0 Å². The fraction of sp³-hybridized carbons (Fsp3) is 0.0625. The molecule has 1 N–H and O–H groups in total. The van der Waals surface area contributed by atoms with E-state index in [9.17, 15) is 5.11 Å². The van der Waals surface area contributed by atoms with Crippen molar-refractivity contribution in [2.45, 2.75) is 10.6 Å². The van der Waals surface area contributed by atoms with E-state index in [1.165, 1.54) is 11.8 Å². The smallest absolute Gasteiger partial charge is 0.147 e. The highest BCUT2D eigenvalue weighted by atomic mass is 32.2. The molecule has 4 heteroatoms. The zero-order valence-corrected chi connectivity index (χ0v) is 11.5. The zero-order chi connectivity index (χ0) is 13.8. The predicted molar refractivity (Wildman–Crippen MR) is 79.6 cm³/mol. The Balaban J connectivity index is 1.71. The summed E-state index contributed by atoms with van der Waals surface area (Å²) in [7, 11) is 0. The van der Waals surface area contributed by atoms with Crippen LogP contribution in [0.3, 0.4) is 0 Å². The second kappa shape index (κ2) is 5.84. The van der Waals surface area contributed by atoms with Crippen LogP contribution in [0.1, 0.15) is 5.76 Å². The summed E-state index contributed by atoms with van der Waals surface area (Å²) in [6.45, 7) is 0. The molecule has 0 bridgehead atoms. The second-order valence-electron chi connectivity index (χ2n) is 4.30. The minimum absolute atomic E-state index is 0.292. The van der Waals surface area contributed by atoms with Gasteiger partial charge in [-0.2, -0.15) is 0 Å². The third kappa shape index (κ3) is 2.86. The average Bonchev–Trinajstić information content (AvgIpc) is 2.96. The summed E-state index contributed by atoms with van der Waals surface area (Å²) in [4.78, 5) is 0.838. The monoisotopic (exact) mass is 283 g/mol. The van der Waals surface area contributed by atoms with E-state index in [0.717, 1.165) is 21.9 Å². The van der Waals surface area contributed by atoms with Crippen LogP contribution in [0.2, 0.25) is 0 Å². The Morgan fingerprint density at radius 2 is 1.75 bits per heavy atom. The van der Waals surface area contributed by atoms with Crippen molar-refractivity contribution in [1.82, 2.24) is 5.16 Å². The number of aromatic hydroxyl groups is 1. The molecule has 20 heavy (non-hydrogen) atoms. The topological polar surface area (TPSA) is 46.3 Å². The highest BCUT2D eigenvalue weighted by Crippen LogP contribution is 2.31. The van der Waals surface area contributed by atoms with Gasteiger partial charge in [-0.25, -0.2) is 0 Å². The molecule has 3 nitrogen and oxygen atoms in total. The van der Waals surface area contributed by atoms with E-state index in [4.69, 9.17) is 4.52 Å². The molecule has 3 rings (SSSR count). The van der Waals surface area contributed by atoms with Crippen molar-refractivity contribution in [3.8, 4) is 17.0 Å². The molecule has 0 aliphatic rings. The van der Waals surface area contributed by atoms with Crippen LogP contribution < -0.4 is 0 Å². The molecule has 0 amide bonds. The van der Waals surface area contributed by atoms with Crippen LogP contribution in [0.25, 0.3) is 11.3 Å². The first-order valence-electron chi connectivity index (χ1n) is 6.25. The number of benzene rings is 2. The summed E-state index contributed by atoms with van der Waals surface area (Å²) < 4.78 is 5.33. The Bertz CT molecular complexity index is 694. The Morgan fingerprint density at radius 1 is 1.00 bits per heavy atom. The first-order chi connectivity index (χ1) is 9.83. The largest absolute Gasteiger partial charge is 0.507 e. The quantitative estimate of drug-likeness (QED) is 0.723. The number of phenols is 1. The number of para-hydroxylation sites is 1. The molecule has 0 aliphatic carbocycles. The van der Waals surface area contributed by atoms with E-state index in [1.807, 2.05) is 48.5 Å². The predicted octanol–water partition coefficient (Wildman–Crippen LogP) is 4.34. The molecule has 0 spiro atoms. The van der Waals surface area contributed by atoms with Gasteiger partial charge in [0.2, 0.25) is 0 Å². The highest BCUT2D eigenvalue weighted by Gasteiger charge is 2.08. The summed E-state index contributed by atoms with van der Waals surface area (Å²) in [6, 6.07) is 19.1. The molecule has 0 aliphatic heterocycles. The van der Waals surface area contributed by atoms with Crippen LogP contribution in [-0.2, 0) is 5.75 Å². The summed E-state index contributed by atoms with van der Waals surface area (Å²) in [5.74, 6) is 1.72. The molecule has 3 aromatic rings. The van der Waals surface area contributed by atoms with E-state index in [2.05, 4.69) is 5.16 Å². The fourth-order valence-corrected chi connectivity index (χ4v) is 2.68. The molecular weight excluding hydrogens is 270 g/mol. The lowest BCUT2D eigenvalue weighted by molar-refractivity contribution is 0.397. The third-order valence-corrected chi connectivity index (χ3v) is 3.95. The summed E-state index contributed by atoms with van der Waals surface area (Å²) in [5.41, 5.74) is 1.87. The molecule has 1 aromatic heterocycles. The van der Waals surface area contributed by atoms with Gasteiger partial charge in [0, 0.05) is 16.5 Å². The summed E-state index contributed by atoms with van der Waals surface area (Å²) in [6.07, 6.45) is 0. The fourth-order valence-electron chi connectivity index (χ4n) is 1.85. The van der Waals surface area contributed by atoms with E-state index in [1.54, 1.807) is 12.1 Å². The standard InChI is InChI=1S/C16H13NO2S/c18-15-8-4-5-9-16(15)20-11-13-10-14(17-19-13)12-6-2-1-3-7-12/h1-10,18H,11H2. The van der Waals surface area contributed by atoms with Crippen molar-refractivity contribution >= 4 is 11.8 Å². The van der Waals surface area contributed by atoms with E-state index >= 15 is 0 Å². The third-order valence-electron chi connectivity index (χ3n) is 2.86. The van der Waals surface area contributed by atoms with Crippen molar-refractivity contribution in [2.75, 3.05) is 0 Å². The lowest BCUT2D eigenvalue weighted by atomic mass is 10.1. The van der Waals surface area contributed by atoms with Crippen molar-refractivity contribution in [2.24, 2.45) is 0 Å². The van der Waals surface area contributed by atoms with Gasteiger partial charge in [-0.15, -0.1) is 11.8 Å². The first-order valence-corrected chi connectivity index (χ1v) is 7.23. The van der Waals surface area contributed by atoms with Gasteiger partial charge < -0.3 is 9.63 Å². The van der Waals surface area contributed by atoms with Crippen LogP contribution >= 0.6 is 11.8 Å². The first kappa shape index (κ1) is 12.8. The lowest BCUT2D eigenvalue weighted by Crippen LogP contribution is -1.77. The van der Waals surface area contributed by atoms with Gasteiger partial charge >= 0.3 is 0 Å². The molecule has 1 heterocycles. The number of hydrogen-bond acceptors (Lipinski definition) is 4. The number of rotatable bonds is 4. The minimum Gasteiger partial charge on any atom is -0.507 e. The number of hydrogen-bond donors (Lipinski definition) is 1. The number of nitrogens with zero attached hydrogens (tertiary/aromatic N) is 1. The van der Waals surface area contributed by atoms with Crippen molar-refractivity contribution in [1.29, 1.82) is 0 Å². The number of aromatic nitrogens is 1. The van der Waals surface area contributed by atoms with Crippen molar-refractivity contribution in [3.05, 3.63) is 66.4 Å². The maximum Gasteiger partial charge on any atom is 0.147 e. The number of phenolic OH excluding ortho intramolecular Hbond substituents is 1. The second-order valence-corrected chi connectivity index (χ2v) is 5.32. The minimum atomic E-state index is 0.292. The van der Waals surface area contributed by atoms with Gasteiger partial charge in [-0.1, -0.05) is 47.6 Å². The molecule has 100 valence electrons. The van der Waals surface area contributed by atoms with Gasteiger partial charge in [0.05, 0.1) is 5.75 Å².